The van der Waals surface area contributed by atoms with Crippen LogP contribution in [-0.4, -0.2) is 35.2 Å². The maximum Gasteiger partial charge on any atom is 0.344 e. The van der Waals surface area contributed by atoms with Crippen molar-refractivity contribution in [3.05, 3.63) is 124 Å². The molecule has 1 saturated heterocycles. The zero-order chi connectivity index (χ0) is 28.3. The van der Waals surface area contributed by atoms with Gasteiger partial charge >= 0.3 is 5.97 Å². The molecule has 1 heterocycles. The number of imide groups is 1. The largest absolute Gasteiger partial charge is 0.491 e. The van der Waals surface area contributed by atoms with E-state index in [1.54, 1.807) is 30.3 Å². The highest BCUT2D eigenvalue weighted by atomic mass is 79.9. The second-order valence-electron chi connectivity index (χ2n) is 9.27. The number of fused-ring (bicyclic) bond motifs is 2. The third kappa shape index (κ3) is 5.62. The number of benzene rings is 5. The second-order valence-corrected chi connectivity index (χ2v) is 11.1. The van der Waals surface area contributed by atoms with Crippen molar-refractivity contribution in [2.75, 3.05) is 13.2 Å². The van der Waals surface area contributed by atoms with Crippen molar-refractivity contribution in [1.29, 1.82) is 0 Å². The van der Waals surface area contributed by atoms with Gasteiger partial charge in [-0.2, -0.15) is 0 Å². The van der Waals surface area contributed by atoms with Crippen LogP contribution in [0.15, 0.2) is 113 Å². The molecule has 0 atom stereocenters. The van der Waals surface area contributed by atoms with Crippen LogP contribution in [0.2, 0.25) is 0 Å². The molecule has 1 aliphatic heterocycles. The average molecular weight is 625 g/mol. The van der Waals surface area contributed by atoms with E-state index in [1.165, 1.54) is 4.90 Å². The average Bonchev–Trinajstić information content (AvgIpc) is 3.25. The predicted octanol–water partition coefficient (Wildman–Crippen LogP) is 8.09. The maximum atomic E-state index is 13.0. The van der Waals surface area contributed by atoms with E-state index < -0.39 is 5.97 Å². The van der Waals surface area contributed by atoms with E-state index in [4.69, 9.17) is 9.47 Å². The molecule has 0 radical (unpaired) electrons. The Labute approximate surface area is 248 Å². The minimum absolute atomic E-state index is 0.137. The Morgan fingerprint density at radius 2 is 1.49 bits per heavy atom. The van der Waals surface area contributed by atoms with E-state index in [2.05, 4.69) is 15.9 Å². The summed E-state index contributed by atoms with van der Waals surface area (Å²) >= 11 is 4.35. The first-order valence-electron chi connectivity index (χ1n) is 12.8. The molecule has 0 bridgehead atoms. The Bertz CT molecular complexity index is 1860. The van der Waals surface area contributed by atoms with Crippen LogP contribution >= 0.6 is 27.7 Å². The molecule has 0 spiro atoms. The normalized spacial score (nSPS) is 14.3. The predicted molar refractivity (Wildman–Crippen MR) is 165 cm³/mol. The molecule has 1 aliphatic rings. The first kappa shape index (κ1) is 26.8. The Morgan fingerprint density at radius 3 is 2.27 bits per heavy atom. The fourth-order valence-corrected chi connectivity index (χ4v) is 6.00. The van der Waals surface area contributed by atoms with Gasteiger partial charge in [-0.15, -0.1) is 0 Å². The summed E-state index contributed by atoms with van der Waals surface area (Å²) in [7, 11) is 0. The van der Waals surface area contributed by atoms with E-state index in [0.717, 1.165) is 33.3 Å². The molecule has 41 heavy (non-hydrogen) atoms. The number of rotatable bonds is 7. The summed E-state index contributed by atoms with van der Waals surface area (Å²) in [6.45, 7) is 0.319. The lowest BCUT2D eigenvalue weighted by Gasteiger charge is -2.14. The molecular formula is C33H22BrNO5S. The summed E-state index contributed by atoms with van der Waals surface area (Å²) in [6, 6.07) is 31.9. The molecule has 6 rings (SSSR count). The Kier molecular flexibility index (Phi) is 7.59. The SMILES string of the molecule is O=C(Oc1ccc(/C=C2\SC(=O)N(CCOc3cccc4ccccc34)C2=O)cc1Br)c1cccc2ccccc12. The van der Waals surface area contributed by atoms with E-state index in [0.29, 0.717) is 32.0 Å². The minimum Gasteiger partial charge on any atom is -0.491 e. The molecule has 0 unspecified atom stereocenters. The number of thioether (sulfide) groups is 1. The van der Waals surface area contributed by atoms with E-state index in [1.807, 2.05) is 78.9 Å². The van der Waals surface area contributed by atoms with Crippen LogP contribution in [0.5, 0.6) is 11.5 Å². The van der Waals surface area contributed by atoms with Crippen molar-refractivity contribution in [1.82, 2.24) is 4.90 Å². The number of carbonyl (C=O) groups excluding carboxylic acids is 3. The molecule has 2 amide bonds. The number of halogens is 1. The van der Waals surface area contributed by atoms with Crippen LogP contribution in [0.25, 0.3) is 27.6 Å². The fraction of sp³-hybridized carbons (Fsp3) is 0.0606. The van der Waals surface area contributed by atoms with Crippen molar-refractivity contribution >= 4 is 72.4 Å². The standard InChI is InChI=1S/C33H22BrNO5S/c34-27-19-21(15-16-29(27)40-32(37)26-13-5-9-22-7-1-3-11-24(22)26)20-30-31(36)35(33(38)41-30)17-18-39-28-14-6-10-23-8-2-4-12-25(23)28/h1-16,19-20H,17-18H2/b30-20-. The van der Waals surface area contributed by atoms with Gasteiger partial charge < -0.3 is 9.47 Å². The van der Waals surface area contributed by atoms with Crippen LogP contribution in [0.4, 0.5) is 4.79 Å². The minimum atomic E-state index is -0.470. The van der Waals surface area contributed by atoms with Crippen molar-refractivity contribution in [2.45, 2.75) is 0 Å². The molecule has 202 valence electrons. The van der Waals surface area contributed by atoms with Crippen LogP contribution in [0.3, 0.4) is 0 Å². The number of nitrogens with zero attached hydrogens (tertiary/aromatic N) is 1. The van der Waals surface area contributed by atoms with Gasteiger partial charge in [0.15, 0.2) is 0 Å². The molecule has 8 heteroatoms. The van der Waals surface area contributed by atoms with Crippen LogP contribution in [0, 0.1) is 0 Å². The highest BCUT2D eigenvalue weighted by molar-refractivity contribution is 9.10. The molecule has 0 saturated carbocycles. The van der Waals surface area contributed by atoms with Crippen molar-refractivity contribution in [3.63, 3.8) is 0 Å². The lowest BCUT2D eigenvalue weighted by atomic mass is 10.0. The van der Waals surface area contributed by atoms with Gasteiger partial charge in [0, 0.05) is 5.39 Å². The van der Waals surface area contributed by atoms with Gasteiger partial charge in [0.05, 0.1) is 21.5 Å². The van der Waals surface area contributed by atoms with Crippen LogP contribution < -0.4 is 9.47 Å². The highest BCUT2D eigenvalue weighted by Crippen LogP contribution is 2.34. The number of hydrogen-bond donors (Lipinski definition) is 0. The molecule has 0 N–H and O–H groups in total. The maximum absolute atomic E-state index is 13.0. The summed E-state index contributed by atoms with van der Waals surface area (Å²) < 4.78 is 12.1. The first-order chi connectivity index (χ1) is 20.0. The van der Waals surface area contributed by atoms with Crippen LogP contribution in [0.1, 0.15) is 15.9 Å². The summed E-state index contributed by atoms with van der Waals surface area (Å²) in [6.07, 6.45) is 1.65. The van der Waals surface area contributed by atoms with Gasteiger partial charge in [-0.05, 0) is 79.8 Å². The second kappa shape index (κ2) is 11.6. The monoisotopic (exact) mass is 623 g/mol. The number of hydrogen-bond acceptors (Lipinski definition) is 6. The van der Waals surface area contributed by atoms with Crippen molar-refractivity contribution < 1.29 is 23.9 Å². The van der Waals surface area contributed by atoms with Gasteiger partial charge in [-0.1, -0.05) is 78.9 Å². The van der Waals surface area contributed by atoms with Gasteiger partial charge in [0.1, 0.15) is 18.1 Å². The number of esters is 1. The topological polar surface area (TPSA) is 72.9 Å². The summed E-state index contributed by atoms with van der Waals surface area (Å²) in [4.78, 5) is 40.1. The zero-order valence-corrected chi connectivity index (χ0v) is 24.0. The Morgan fingerprint density at radius 1 is 0.805 bits per heavy atom. The zero-order valence-electron chi connectivity index (χ0n) is 21.6. The quantitative estimate of drug-likeness (QED) is 0.104. The lowest BCUT2D eigenvalue weighted by Crippen LogP contribution is -2.32. The number of amides is 2. The van der Waals surface area contributed by atoms with Crippen molar-refractivity contribution in [2.24, 2.45) is 0 Å². The smallest absolute Gasteiger partial charge is 0.344 e. The molecule has 1 fully saturated rings. The Balaban J connectivity index is 1.12. The third-order valence-corrected chi connectivity index (χ3v) is 8.19. The fourth-order valence-electron chi connectivity index (χ4n) is 4.66. The molecule has 0 aromatic heterocycles. The number of carbonyl (C=O) groups is 3. The summed E-state index contributed by atoms with van der Waals surface area (Å²) in [5.41, 5.74) is 1.15. The van der Waals surface area contributed by atoms with Crippen molar-refractivity contribution in [3.8, 4) is 11.5 Å². The molecule has 5 aromatic carbocycles. The van der Waals surface area contributed by atoms with Gasteiger partial charge in [-0.3, -0.25) is 14.5 Å². The third-order valence-electron chi connectivity index (χ3n) is 6.66. The molecule has 5 aromatic rings. The summed E-state index contributed by atoms with van der Waals surface area (Å²) in [5.74, 6) is 0.210. The molecular weight excluding hydrogens is 602 g/mol. The van der Waals surface area contributed by atoms with E-state index >= 15 is 0 Å². The Hall–Kier alpha value is -4.40. The molecule has 6 nitrogen and oxygen atoms in total. The van der Waals surface area contributed by atoms with Gasteiger partial charge in [-0.25, -0.2) is 4.79 Å². The number of ether oxygens (including phenoxy) is 2. The highest BCUT2D eigenvalue weighted by Gasteiger charge is 2.34. The van der Waals surface area contributed by atoms with E-state index in [9.17, 15) is 14.4 Å². The summed E-state index contributed by atoms with van der Waals surface area (Å²) in [5, 5.41) is 3.44. The lowest BCUT2D eigenvalue weighted by molar-refractivity contribution is -0.123. The van der Waals surface area contributed by atoms with Gasteiger partial charge in [0.2, 0.25) is 0 Å². The molecule has 0 aliphatic carbocycles. The van der Waals surface area contributed by atoms with Crippen LogP contribution in [-0.2, 0) is 4.79 Å². The first-order valence-corrected chi connectivity index (χ1v) is 14.4. The van der Waals surface area contributed by atoms with E-state index in [-0.39, 0.29) is 24.3 Å². The van der Waals surface area contributed by atoms with Gasteiger partial charge in [0.25, 0.3) is 11.1 Å².